The third-order valence-electron chi connectivity index (χ3n) is 2.97. The van der Waals surface area contributed by atoms with Gasteiger partial charge in [-0.15, -0.1) is 11.3 Å². The Kier molecular flexibility index (Phi) is 4.10. The minimum atomic E-state index is -1.36. The molecule has 0 aromatic carbocycles. The average Bonchev–Trinajstić information content (AvgIpc) is 2.89. The zero-order valence-electron chi connectivity index (χ0n) is 12.8. The first kappa shape index (κ1) is 16.2. The van der Waals surface area contributed by atoms with Gasteiger partial charge in [0.05, 0.1) is 22.6 Å². The van der Waals surface area contributed by atoms with Gasteiger partial charge in [-0.1, -0.05) is 0 Å². The molecule has 0 saturated carbocycles. The van der Waals surface area contributed by atoms with E-state index < -0.39 is 29.2 Å². The monoisotopic (exact) mass is 326 g/mol. The number of thiazole rings is 1. The molecule has 2 heterocycles. The van der Waals surface area contributed by atoms with E-state index in [1.807, 2.05) is 0 Å². The molecule has 0 bridgehead atoms. The van der Waals surface area contributed by atoms with Crippen LogP contribution in [0.25, 0.3) is 0 Å². The Balaban J connectivity index is 2.21. The van der Waals surface area contributed by atoms with Crippen molar-refractivity contribution in [1.82, 2.24) is 20.9 Å². The van der Waals surface area contributed by atoms with Crippen LogP contribution in [0.4, 0.5) is 9.59 Å². The molecule has 9 heteroatoms. The summed E-state index contributed by atoms with van der Waals surface area (Å²) in [7, 11) is 0. The van der Waals surface area contributed by atoms with E-state index in [9.17, 15) is 14.4 Å². The van der Waals surface area contributed by atoms with Crippen LogP contribution in [0.3, 0.4) is 0 Å². The minimum Gasteiger partial charge on any atom is -0.444 e. The van der Waals surface area contributed by atoms with Gasteiger partial charge in [0.25, 0.3) is 5.91 Å². The van der Waals surface area contributed by atoms with Crippen molar-refractivity contribution in [3.63, 3.8) is 0 Å². The van der Waals surface area contributed by atoms with Crippen molar-refractivity contribution < 1.29 is 19.1 Å². The summed E-state index contributed by atoms with van der Waals surface area (Å²) in [4.78, 5) is 40.3. The largest absolute Gasteiger partial charge is 0.444 e. The lowest BCUT2D eigenvalue weighted by atomic mass is 9.96. The average molecular weight is 326 g/mol. The van der Waals surface area contributed by atoms with E-state index in [0.717, 1.165) is 0 Å². The molecule has 1 aromatic heterocycles. The molecule has 1 aliphatic rings. The Morgan fingerprint density at radius 1 is 1.45 bits per heavy atom. The lowest BCUT2D eigenvalue weighted by Gasteiger charge is -2.27. The predicted octanol–water partition coefficient (Wildman–Crippen LogP) is 1.01. The molecule has 0 unspecified atom stereocenters. The van der Waals surface area contributed by atoms with Crippen LogP contribution in [-0.4, -0.2) is 35.2 Å². The highest BCUT2D eigenvalue weighted by Gasteiger charge is 2.50. The summed E-state index contributed by atoms with van der Waals surface area (Å²) < 4.78 is 5.15. The first-order chi connectivity index (χ1) is 10.1. The molecule has 120 valence electrons. The summed E-state index contributed by atoms with van der Waals surface area (Å²) in [6.07, 6.45) is -0.664. The van der Waals surface area contributed by atoms with Crippen molar-refractivity contribution in [2.45, 2.75) is 38.8 Å². The minimum absolute atomic E-state index is 0.123. The van der Waals surface area contributed by atoms with Gasteiger partial charge in [0.2, 0.25) is 0 Å². The number of rotatable bonds is 3. The maximum absolute atomic E-state index is 12.2. The molecule has 22 heavy (non-hydrogen) atoms. The number of urea groups is 1. The van der Waals surface area contributed by atoms with Crippen LogP contribution in [0.15, 0.2) is 5.51 Å². The highest BCUT2D eigenvalue weighted by Crippen LogP contribution is 2.30. The van der Waals surface area contributed by atoms with E-state index in [1.54, 1.807) is 33.2 Å². The van der Waals surface area contributed by atoms with Crippen LogP contribution in [0.5, 0.6) is 0 Å². The maximum atomic E-state index is 12.2. The smallest absolute Gasteiger partial charge is 0.407 e. The fraction of sp³-hybridized carbons (Fsp3) is 0.538. The van der Waals surface area contributed by atoms with Gasteiger partial charge in [-0.05, 0) is 27.7 Å². The van der Waals surface area contributed by atoms with Gasteiger partial charge in [0.1, 0.15) is 5.60 Å². The molecule has 0 spiro atoms. The fourth-order valence-corrected chi connectivity index (χ4v) is 3.04. The molecule has 0 radical (unpaired) electrons. The molecule has 1 fully saturated rings. The Labute approximate surface area is 131 Å². The molecular weight excluding hydrogens is 308 g/mol. The number of alkyl carbamates (subject to hydrolysis) is 1. The van der Waals surface area contributed by atoms with E-state index >= 15 is 0 Å². The maximum Gasteiger partial charge on any atom is 0.407 e. The van der Waals surface area contributed by atoms with Gasteiger partial charge in [-0.25, -0.2) is 14.6 Å². The van der Waals surface area contributed by atoms with Crippen LogP contribution in [0.1, 0.15) is 31.3 Å². The van der Waals surface area contributed by atoms with Gasteiger partial charge in [-0.2, -0.15) is 0 Å². The lowest BCUT2D eigenvalue weighted by Crippen LogP contribution is -2.53. The number of ether oxygens (including phenoxy) is 1. The van der Waals surface area contributed by atoms with Crippen LogP contribution < -0.4 is 16.0 Å². The molecule has 1 aliphatic heterocycles. The molecule has 1 aromatic rings. The Hall–Kier alpha value is -2.16. The number of aromatic nitrogens is 1. The van der Waals surface area contributed by atoms with Gasteiger partial charge in [0.15, 0.2) is 5.54 Å². The quantitative estimate of drug-likeness (QED) is 0.718. The number of carbonyl (C=O) groups is 3. The van der Waals surface area contributed by atoms with Crippen molar-refractivity contribution in [3.05, 3.63) is 16.1 Å². The summed E-state index contributed by atoms with van der Waals surface area (Å²) in [6, 6.07) is -0.608. The Morgan fingerprint density at radius 3 is 2.59 bits per heavy atom. The van der Waals surface area contributed by atoms with Crippen molar-refractivity contribution >= 4 is 29.4 Å². The molecule has 3 N–H and O–H groups in total. The summed E-state index contributed by atoms with van der Waals surface area (Å²) >= 11 is 1.24. The van der Waals surface area contributed by atoms with E-state index in [-0.39, 0.29) is 6.54 Å². The van der Waals surface area contributed by atoms with Crippen LogP contribution in [0.2, 0.25) is 0 Å². The van der Waals surface area contributed by atoms with E-state index in [1.165, 1.54) is 11.3 Å². The lowest BCUT2D eigenvalue weighted by molar-refractivity contribution is -0.124. The predicted molar refractivity (Wildman–Crippen MR) is 79.4 cm³/mol. The molecule has 0 aliphatic carbocycles. The number of imide groups is 1. The normalized spacial score (nSPS) is 21.3. The number of hydrogen-bond acceptors (Lipinski definition) is 6. The van der Waals surface area contributed by atoms with Gasteiger partial charge < -0.3 is 15.4 Å². The summed E-state index contributed by atoms with van der Waals surface area (Å²) in [5.74, 6) is -0.527. The second kappa shape index (κ2) is 5.56. The van der Waals surface area contributed by atoms with Crippen molar-refractivity contribution in [3.8, 4) is 0 Å². The third kappa shape index (κ3) is 3.19. The van der Waals surface area contributed by atoms with Gasteiger partial charge in [0, 0.05) is 0 Å². The summed E-state index contributed by atoms with van der Waals surface area (Å²) in [6.45, 7) is 6.82. The molecular formula is C13H18N4O4S. The molecule has 8 nitrogen and oxygen atoms in total. The van der Waals surface area contributed by atoms with Gasteiger partial charge in [-0.3, -0.25) is 10.1 Å². The SMILES string of the molecule is Cc1ncsc1[C@]1(CNC(=O)OC(C)(C)C)NC(=O)NC1=O. The summed E-state index contributed by atoms with van der Waals surface area (Å²) in [5.41, 5.74) is 0.184. The van der Waals surface area contributed by atoms with Crippen LogP contribution >= 0.6 is 11.3 Å². The summed E-state index contributed by atoms with van der Waals surface area (Å²) in [5, 5.41) is 7.30. The first-order valence-corrected chi connectivity index (χ1v) is 7.53. The zero-order chi connectivity index (χ0) is 16.5. The standard InChI is InChI=1S/C13H18N4O4S/c1-7-8(22-6-15-7)13(9(18)16-10(19)17-13)5-14-11(20)21-12(2,3)4/h6H,5H2,1-4H3,(H,14,20)(H2,16,17,18,19)/t13-/m0/s1. The number of nitrogens with zero attached hydrogens (tertiary/aromatic N) is 1. The van der Waals surface area contributed by atoms with E-state index in [0.29, 0.717) is 10.6 Å². The number of nitrogens with one attached hydrogen (secondary N) is 3. The van der Waals surface area contributed by atoms with Crippen molar-refractivity contribution in [2.24, 2.45) is 0 Å². The Bertz CT molecular complexity index is 622. The molecule has 1 atom stereocenters. The molecule has 4 amide bonds. The van der Waals surface area contributed by atoms with Crippen LogP contribution in [0, 0.1) is 6.92 Å². The van der Waals surface area contributed by atoms with Crippen LogP contribution in [-0.2, 0) is 15.1 Å². The molecule has 1 saturated heterocycles. The topological polar surface area (TPSA) is 109 Å². The van der Waals surface area contributed by atoms with Gasteiger partial charge >= 0.3 is 12.1 Å². The Morgan fingerprint density at radius 2 is 2.14 bits per heavy atom. The fourth-order valence-electron chi connectivity index (χ4n) is 2.09. The first-order valence-electron chi connectivity index (χ1n) is 6.65. The second-order valence-electron chi connectivity index (χ2n) is 5.94. The van der Waals surface area contributed by atoms with Crippen molar-refractivity contribution in [1.29, 1.82) is 0 Å². The van der Waals surface area contributed by atoms with E-state index in [4.69, 9.17) is 4.74 Å². The number of aryl methyl sites for hydroxylation is 1. The highest BCUT2D eigenvalue weighted by atomic mass is 32.1. The molecule has 2 rings (SSSR count). The number of hydrogen-bond donors (Lipinski definition) is 3. The number of carbonyl (C=O) groups excluding carboxylic acids is 3. The zero-order valence-corrected chi connectivity index (χ0v) is 13.6. The number of amides is 4. The third-order valence-corrected chi connectivity index (χ3v) is 4.06. The highest BCUT2D eigenvalue weighted by molar-refractivity contribution is 7.10. The second-order valence-corrected chi connectivity index (χ2v) is 6.79. The van der Waals surface area contributed by atoms with E-state index in [2.05, 4.69) is 20.9 Å². The van der Waals surface area contributed by atoms with Crippen molar-refractivity contribution in [2.75, 3.05) is 6.54 Å².